The zero-order valence-electron chi connectivity index (χ0n) is 9.69. The van der Waals surface area contributed by atoms with E-state index < -0.39 is 0 Å². The van der Waals surface area contributed by atoms with Crippen LogP contribution in [-0.2, 0) is 4.74 Å². The third-order valence-corrected chi connectivity index (χ3v) is 3.04. The quantitative estimate of drug-likeness (QED) is 0.805. The largest absolute Gasteiger partial charge is 0.465 e. The highest BCUT2D eigenvalue weighted by Gasteiger charge is 2.42. The summed E-state index contributed by atoms with van der Waals surface area (Å²) in [6, 6.07) is 9.47. The number of hydrogen-bond acceptors (Lipinski definition) is 4. The summed E-state index contributed by atoms with van der Waals surface area (Å²) in [5, 5.41) is 12.1. The van der Waals surface area contributed by atoms with E-state index in [0.717, 1.165) is 18.5 Å². The normalized spacial score (nSPS) is 15.8. The van der Waals surface area contributed by atoms with Crippen molar-refractivity contribution in [1.29, 1.82) is 5.26 Å². The number of carbonyl (C=O) groups is 1. The lowest BCUT2D eigenvalue weighted by Crippen LogP contribution is -2.16. The Hall–Kier alpha value is -2.02. The van der Waals surface area contributed by atoms with E-state index in [9.17, 15) is 4.79 Å². The van der Waals surface area contributed by atoms with E-state index in [1.54, 1.807) is 12.1 Å². The standard InChI is InChI=1S/C13H14N2O2/c1-17-12(16)10-4-2-3-5-11(10)15-9-13(8-14)6-7-13/h2-5,15H,6-7,9H2,1H3. The molecule has 0 radical (unpaired) electrons. The minimum Gasteiger partial charge on any atom is -0.465 e. The molecular weight excluding hydrogens is 216 g/mol. The highest BCUT2D eigenvalue weighted by Crippen LogP contribution is 2.44. The first-order valence-electron chi connectivity index (χ1n) is 5.53. The Bertz CT molecular complexity index is 473. The maximum atomic E-state index is 11.5. The number of nitriles is 1. The molecule has 1 fully saturated rings. The van der Waals surface area contributed by atoms with Crippen molar-refractivity contribution in [1.82, 2.24) is 0 Å². The minimum atomic E-state index is -0.366. The van der Waals surface area contributed by atoms with Gasteiger partial charge in [0.2, 0.25) is 0 Å². The first-order valence-corrected chi connectivity index (χ1v) is 5.53. The maximum absolute atomic E-state index is 11.5. The molecule has 17 heavy (non-hydrogen) atoms. The van der Waals surface area contributed by atoms with Crippen LogP contribution in [0, 0.1) is 16.7 Å². The van der Waals surface area contributed by atoms with Crippen molar-refractivity contribution in [2.24, 2.45) is 5.41 Å². The smallest absolute Gasteiger partial charge is 0.339 e. The molecule has 1 saturated carbocycles. The number of rotatable bonds is 4. The number of ether oxygens (including phenoxy) is 1. The van der Waals surface area contributed by atoms with E-state index in [2.05, 4.69) is 11.4 Å². The Morgan fingerprint density at radius 1 is 1.53 bits per heavy atom. The zero-order valence-corrected chi connectivity index (χ0v) is 9.69. The molecule has 0 aliphatic heterocycles. The summed E-state index contributed by atoms with van der Waals surface area (Å²) in [6.07, 6.45) is 1.85. The molecule has 1 aliphatic carbocycles. The van der Waals surface area contributed by atoms with Gasteiger partial charge in [0, 0.05) is 12.2 Å². The van der Waals surface area contributed by atoms with Gasteiger partial charge in [0.15, 0.2) is 0 Å². The molecule has 0 amide bonds. The summed E-state index contributed by atoms with van der Waals surface area (Å²) in [7, 11) is 1.36. The summed E-state index contributed by atoms with van der Waals surface area (Å²) in [4.78, 5) is 11.5. The molecule has 2 rings (SSSR count). The fraction of sp³-hybridized carbons (Fsp3) is 0.385. The number of benzene rings is 1. The summed E-state index contributed by atoms with van der Waals surface area (Å²) in [6.45, 7) is 0.581. The lowest BCUT2D eigenvalue weighted by Gasteiger charge is -2.12. The summed E-state index contributed by atoms with van der Waals surface area (Å²) in [5.74, 6) is -0.366. The fourth-order valence-electron chi connectivity index (χ4n) is 1.67. The van der Waals surface area contributed by atoms with E-state index in [-0.39, 0.29) is 11.4 Å². The number of nitrogens with zero attached hydrogens (tertiary/aromatic N) is 1. The molecule has 0 spiro atoms. The maximum Gasteiger partial charge on any atom is 0.339 e. The second-order valence-corrected chi connectivity index (χ2v) is 4.28. The Kier molecular flexibility index (Phi) is 3.01. The van der Waals surface area contributed by atoms with Gasteiger partial charge in [0.05, 0.1) is 24.2 Å². The van der Waals surface area contributed by atoms with Crippen molar-refractivity contribution in [3.8, 4) is 6.07 Å². The molecule has 4 nitrogen and oxygen atoms in total. The lowest BCUT2D eigenvalue weighted by atomic mass is 10.1. The Balaban J connectivity index is 2.10. The van der Waals surface area contributed by atoms with E-state index in [1.807, 2.05) is 12.1 Å². The number of hydrogen-bond donors (Lipinski definition) is 1. The summed E-state index contributed by atoms with van der Waals surface area (Å²) >= 11 is 0. The van der Waals surface area contributed by atoms with Crippen molar-refractivity contribution in [2.75, 3.05) is 19.0 Å². The third-order valence-electron chi connectivity index (χ3n) is 3.04. The van der Waals surface area contributed by atoms with Crippen LogP contribution in [0.5, 0.6) is 0 Å². The predicted molar refractivity (Wildman–Crippen MR) is 63.6 cm³/mol. The number of nitrogens with one attached hydrogen (secondary N) is 1. The van der Waals surface area contributed by atoms with E-state index in [4.69, 9.17) is 10.00 Å². The van der Waals surface area contributed by atoms with Crippen molar-refractivity contribution in [3.63, 3.8) is 0 Å². The van der Waals surface area contributed by atoms with Crippen LogP contribution < -0.4 is 5.32 Å². The fourth-order valence-corrected chi connectivity index (χ4v) is 1.67. The van der Waals surface area contributed by atoms with Crippen LogP contribution in [0.2, 0.25) is 0 Å². The van der Waals surface area contributed by atoms with Crippen molar-refractivity contribution in [3.05, 3.63) is 29.8 Å². The van der Waals surface area contributed by atoms with Gasteiger partial charge in [-0.05, 0) is 25.0 Å². The van der Waals surface area contributed by atoms with Crippen molar-refractivity contribution >= 4 is 11.7 Å². The molecule has 1 aromatic rings. The topological polar surface area (TPSA) is 62.1 Å². The highest BCUT2D eigenvalue weighted by molar-refractivity contribution is 5.95. The first-order chi connectivity index (χ1) is 8.21. The highest BCUT2D eigenvalue weighted by atomic mass is 16.5. The van der Waals surface area contributed by atoms with Crippen LogP contribution in [0.3, 0.4) is 0 Å². The van der Waals surface area contributed by atoms with E-state index in [0.29, 0.717) is 12.1 Å². The van der Waals surface area contributed by atoms with Crippen LogP contribution >= 0.6 is 0 Å². The molecule has 0 saturated heterocycles. The van der Waals surface area contributed by atoms with Gasteiger partial charge in [0.1, 0.15) is 0 Å². The number of methoxy groups -OCH3 is 1. The Labute approximate surface area is 100 Å². The predicted octanol–water partition coefficient (Wildman–Crippen LogP) is 2.19. The molecule has 0 heterocycles. The molecule has 4 heteroatoms. The summed E-state index contributed by atoms with van der Waals surface area (Å²) in [5.41, 5.74) is 0.994. The van der Waals surface area contributed by atoms with Crippen LogP contribution in [0.25, 0.3) is 0 Å². The molecule has 88 valence electrons. The van der Waals surface area contributed by atoms with Gasteiger partial charge in [-0.1, -0.05) is 12.1 Å². The monoisotopic (exact) mass is 230 g/mol. The van der Waals surface area contributed by atoms with Gasteiger partial charge < -0.3 is 10.1 Å². The molecule has 1 N–H and O–H groups in total. The Morgan fingerprint density at radius 2 is 2.24 bits per heavy atom. The van der Waals surface area contributed by atoms with Gasteiger partial charge in [-0.25, -0.2) is 4.79 Å². The average Bonchev–Trinajstić information content (AvgIpc) is 3.16. The first kappa shape index (κ1) is 11.5. The second kappa shape index (κ2) is 4.46. The minimum absolute atomic E-state index is 0.233. The molecule has 1 aliphatic rings. The zero-order chi connectivity index (χ0) is 12.3. The van der Waals surface area contributed by atoms with Gasteiger partial charge in [-0.15, -0.1) is 0 Å². The average molecular weight is 230 g/mol. The molecule has 0 unspecified atom stereocenters. The second-order valence-electron chi connectivity index (χ2n) is 4.28. The molecule has 0 aromatic heterocycles. The van der Waals surface area contributed by atoms with Crippen molar-refractivity contribution in [2.45, 2.75) is 12.8 Å². The number of carbonyl (C=O) groups excluding carboxylic acids is 1. The van der Waals surface area contributed by atoms with Gasteiger partial charge in [-0.2, -0.15) is 5.26 Å². The van der Waals surface area contributed by atoms with Gasteiger partial charge in [0.25, 0.3) is 0 Å². The number of esters is 1. The molecule has 1 aromatic carbocycles. The van der Waals surface area contributed by atoms with Gasteiger partial charge in [-0.3, -0.25) is 0 Å². The number of anilines is 1. The molecular formula is C13H14N2O2. The van der Waals surface area contributed by atoms with Crippen LogP contribution in [0.15, 0.2) is 24.3 Å². The molecule has 0 bridgehead atoms. The van der Waals surface area contributed by atoms with E-state index in [1.165, 1.54) is 7.11 Å². The SMILES string of the molecule is COC(=O)c1ccccc1NCC1(C#N)CC1. The van der Waals surface area contributed by atoms with Crippen LogP contribution in [0.1, 0.15) is 23.2 Å². The summed E-state index contributed by atoms with van der Waals surface area (Å²) < 4.78 is 4.71. The number of para-hydroxylation sites is 1. The van der Waals surface area contributed by atoms with E-state index >= 15 is 0 Å². The van der Waals surface area contributed by atoms with Gasteiger partial charge >= 0.3 is 5.97 Å². The van der Waals surface area contributed by atoms with Crippen LogP contribution in [0.4, 0.5) is 5.69 Å². The van der Waals surface area contributed by atoms with Crippen LogP contribution in [-0.4, -0.2) is 19.6 Å². The third kappa shape index (κ3) is 2.39. The molecule has 0 atom stereocenters. The Morgan fingerprint density at radius 3 is 2.82 bits per heavy atom. The lowest BCUT2D eigenvalue weighted by molar-refractivity contribution is 0.0602. The van der Waals surface area contributed by atoms with Crippen molar-refractivity contribution < 1.29 is 9.53 Å².